The van der Waals surface area contributed by atoms with Gasteiger partial charge in [-0.3, -0.25) is 4.90 Å². The number of hydrogen-bond donors (Lipinski definition) is 0. The van der Waals surface area contributed by atoms with E-state index in [1.54, 1.807) is 7.11 Å². The Kier molecular flexibility index (Phi) is 7.63. The summed E-state index contributed by atoms with van der Waals surface area (Å²) in [5.41, 5.74) is 2.77. The molecular formula is C24H38N2O. The molecule has 1 fully saturated rings. The Morgan fingerprint density at radius 3 is 2.52 bits per heavy atom. The van der Waals surface area contributed by atoms with Crippen molar-refractivity contribution in [2.24, 2.45) is 5.92 Å². The lowest BCUT2D eigenvalue weighted by Crippen LogP contribution is -2.32. The molecule has 0 spiro atoms. The van der Waals surface area contributed by atoms with Crippen molar-refractivity contribution in [1.29, 1.82) is 0 Å². The quantitative estimate of drug-likeness (QED) is 0.460. The lowest BCUT2D eigenvalue weighted by Gasteiger charge is -2.30. The molecule has 3 heteroatoms. The van der Waals surface area contributed by atoms with Crippen molar-refractivity contribution >= 4 is 10.9 Å². The molecule has 0 saturated carbocycles. The van der Waals surface area contributed by atoms with Gasteiger partial charge in [0.1, 0.15) is 5.75 Å². The van der Waals surface area contributed by atoms with Gasteiger partial charge in [-0.25, -0.2) is 0 Å². The van der Waals surface area contributed by atoms with E-state index in [2.05, 4.69) is 47.7 Å². The van der Waals surface area contributed by atoms with Crippen LogP contribution in [0.4, 0.5) is 0 Å². The van der Waals surface area contributed by atoms with Gasteiger partial charge >= 0.3 is 0 Å². The van der Waals surface area contributed by atoms with Gasteiger partial charge in [0.15, 0.2) is 0 Å². The standard InChI is InChI=1S/C24H38N2O/c1-4-5-6-7-8-9-15-26-19-21(18-25-16-13-20(2)14-17-25)24-22(26)11-10-12-23(24)27-3/h10-12,19-20H,4-9,13-18H2,1-3H3. The zero-order valence-corrected chi connectivity index (χ0v) is 17.7. The van der Waals surface area contributed by atoms with Gasteiger partial charge in [-0.15, -0.1) is 0 Å². The predicted molar refractivity (Wildman–Crippen MR) is 116 cm³/mol. The van der Waals surface area contributed by atoms with E-state index in [9.17, 15) is 0 Å². The molecule has 1 aliphatic heterocycles. The molecule has 0 amide bonds. The van der Waals surface area contributed by atoms with E-state index in [4.69, 9.17) is 4.74 Å². The number of benzene rings is 1. The molecule has 1 saturated heterocycles. The summed E-state index contributed by atoms with van der Waals surface area (Å²) in [4.78, 5) is 2.62. The largest absolute Gasteiger partial charge is 0.496 e. The van der Waals surface area contributed by atoms with Crippen LogP contribution < -0.4 is 4.74 Å². The van der Waals surface area contributed by atoms with Crippen molar-refractivity contribution in [2.45, 2.75) is 78.3 Å². The third kappa shape index (κ3) is 5.28. The van der Waals surface area contributed by atoms with Crippen molar-refractivity contribution in [3.63, 3.8) is 0 Å². The molecule has 0 bridgehead atoms. The Morgan fingerprint density at radius 1 is 1.04 bits per heavy atom. The second kappa shape index (κ2) is 10.2. The van der Waals surface area contributed by atoms with E-state index in [0.717, 1.165) is 24.8 Å². The first kappa shape index (κ1) is 20.3. The van der Waals surface area contributed by atoms with E-state index in [-0.39, 0.29) is 0 Å². The minimum atomic E-state index is 0.879. The molecule has 0 atom stereocenters. The van der Waals surface area contributed by atoms with Crippen LogP contribution in [0.2, 0.25) is 0 Å². The van der Waals surface area contributed by atoms with Gasteiger partial charge in [-0.1, -0.05) is 52.0 Å². The lowest BCUT2D eigenvalue weighted by molar-refractivity contribution is 0.185. The maximum atomic E-state index is 5.73. The number of piperidine rings is 1. The molecule has 0 N–H and O–H groups in total. The van der Waals surface area contributed by atoms with E-state index in [1.807, 2.05) is 0 Å². The first-order valence-corrected chi connectivity index (χ1v) is 11.1. The fourth-order valence-electron chi connectivity index (χ4n) is 4.40. The van der Waals surface area contributed by atoms with Gasteiger partial charge < -0.3 is 9.30 Å². The fourth-order valence-corrected chi connectivity index (χ4v) is 4.40. The van der Waals surface area contributed by atoms with Crippen LogP contribution in [0.15, 0.2) is 24.4 Å². The Hall–Kier alpha value is -1.48. The van der Waals surface area contributed by atoms with Gasteiger partial charge in [0, 0.05) is 24.7 Å². The number of nitrogens with zero attached hydrogens (tertiary/aromatic N) is 2. The number of fused-ring (bicyclic) bond motifs is 1. The third-order valence-corrected chi connectivity index (χ3v) is 6.19. The molecule has 1 aromatic carbocycles. The SMILES string of the molecule is CCCCCCCCn1cc(CN2CCC(C)CC2)c2c(OC)cccc21. The Bertz CT molecular complexity index is 698. The first-order chi connectivity index (χ1) is 13.2. The summed E-state index contributed by atoms with van der Waals surface area (Å²) in [7, 11) is 1.80. The van der Waals surface area contributed by atoms with Crippen LogP contribution in [-0.4, -0.2) is 29.7 Å². The highest BCUT2D eigenvalue weighted by Gasteiger charge is 2.19. The van der Waals surface area contributed by atoms with Gasteiger partial charge in [0.25, 0.3) is 0 Å². The highest BCUT2D eigenvalue weighted by atomic mass is 16.5. The van der Waals surface area contributed by atoms with Crippen LogP contribution in [0, 0.1) is 5.92 Å². The summed E-state index contributed by atoms with van der Waals surface area (Å²) in [6.07, 6.45) is 13.1. The van der Waals surface area contributed by atoms with Crippen LogP contribution in [0.25, 0.3) is 10.9 Å². The summed E-state index contributed by atoms with van der Waals surface area (Å²) in [6.45, 7) is 9.28. The number of ether oxygens (including phenoxy) is 1. The van der Waals surface area contributed by atoms with Gasteiger partial charge in [-0.05, 0) is 56.0 Å². The molecule has 2 aromatic rings. The predicted octanol–water partition coefficient (Wildman–Crippen LogP) is 6.24. The fraction of sp³-hybridized carbons (Fsp3) is 0.667. The minimum absolute atomic E-state index is 0.879. The Morgan fingerprint density at radius 2 is 1.78 bits per heavy atom. The first-order valence-electron chi connectivity index (χ1n) is 11.1. The van der Waals surface area contributed by atoms with Gasteiger partial charge in [0.2, 0.25) is 0 Å². The van der Waals surface area contributed by atoms with Gasteiger partial charge in [-0.2, -0.15) is 0 Å². The van der Waals surface area contributed by atoms with Crippen molar-refractivity contribution in [3.05, 3.63) is 30.0 Å². The molecular weight excluding hydrogens is 332 g/mol. The average molecular weight is 371 g/mol. The third-order valence-electron chi connectivity index (χ3n) is 6.19. The van der Waals surface area contributed by atoms with Crippen LogP contribution in [0.1, 0.15) is 70.8 Å². The molecule has 3 rings (SSSR count). The van der Waals surface area contributed by atoms with E-state index >= 15 is 0 Å². The summed E-state index contributed by atoms with van der Waals surface area (Å²) >= 11 is 0. The molecule has 0 radical (unpaired) electrons. The number of aromatic nitrogens is 1. The highest BCUT2D eigenvalue weighted by Crippen LogP contribution is 2.32. The van der Waals surface area contributed by atoms with Gasteiger partial charge in [0.05, 0.1) is 12.6 Å². The van der Waals surface area contributed by atoms with Crippen molar-refractivity contribution in [1.82, 2.24) is 9.47 Å². The molecule has 0 aliphatic carbocycles. The maximum absolute atomic E-state index is 5.73. The molecule has 3 nitrogen and oxygen atoms in total. The van der Waals surface area contributed by atoms with Crippen LogP contribution >= 0.6 is 0 Å². The number of hydrogen-bond acceptors (Lipinski definition) is 2. The zero-order chi connectivity index (χ0) is 19.1. The summed E-state index contributed by atoms with van der Waals surface area (Å²) in [5.74, 6) is 1.90. The van der Waals surface area contributed by atoms with Crippen molar-refractivity contribution < 1.29 is 4.74 Å². The summed E-state index contributed by atoms with van der Waals surface area (Å²) in [5, 5.41) is 1.32. The molecule has 0 unspecified atom stereocenters. The minimum Gasteiger partial charge on any atom is -0.496 e. The molecule has 27 heavy (non-hydrogen) atoms. The second-order valence-electron chi connectivity index (χ2n) is 8.43. The topological polar surface area (TPSA) is 17.4 Å². The number of rotatable bonds is 10. The van der Waals surface area contributed by atoms with Crippen LogP contribution in [-0.2, 0) is 13.1 Å². The van der Waals surface area contributed by atoms with Crippen molar-refractivity contribution in [2.75, 3.05) is 20.2 Å². The summed E-state index contributed by atoms with van der Waals surface area (Å²) in [6, 6.07) is 6.50. The van der Waals surface area contributed by atoms with E-state index < -0.39 is 0 Å². The Labute approximate surface area is 165 Å². The maximum Gasteiger partial charge on any atom is 0.128 e. The lowest BCUT2D eigenvalue weighted by atomic mass is 9.99. The molecule has 1 aromatic heterocycles. The summed E-state index contributed by atoms with van der Waals surface area (Å²) < 4.78 is 8.20. The average Bonchev–Trinajstić information content (AvgIpc) is 3.04. The number of methoxy groups -OCH3 is 1. The molecule has 1 aliphatic rings. The molecule has 150 valence electrons. The molecule has 2 heterocycles. The van der Waals surface area contributed by atoms with Crippen LogP contribution in [0.3, 0.4) is 0 Å². The zero-order valence-electron chi connectivity index (χ0n) is 17.7. The Balaban J connectivity index is 1.72. The number of unbranched alkanes of at least 4 members (excludes halogenated alkanes) is 5. The smallest absolute Gasteiger partial charge is 0.128 e. The van der Waals surface area contributed by atoms with Crippen molar-refractivity contribution in [3.8, 4) is 5.75 Å². The van der Waals surface area contributed by atoms with Crippen LogP contribution in [0.5, 0.6) is 5.75 Å². The number of aryl methyl sites for hydroxylation is 1. The second-order valence-corrected chi connectivity index (χ2v) is 8.43. The normalized spacial score (nSPS) is 16.3. The van der Waals surface area contributed by atoms with E-state index in [1.165, 1.54) is 80.9 Å². The monoisotopic (exact) mass is 370 g/mol. The van der Waals surface area contributed by atoms with E-state index in [0.29, 0.717) is 0 Å². The highest BCUT2D eigenvalue weighted by molar-refractivity contribution is 5.90. The number of likely N-dealkylation sites (tertiary alicyclic amines) is 1.